The van der Waals surface area contributed by atoms with Crippen molar-refractivity contribution in [3.63, 3.8) is 0 Å². The second-order valence-corrected chi connectivity index (χ2v) is 6.53. The van der Waals surface area contributed by atoms with E-state index in [-0.39, 0.29) is 22.0 Å². The van der Waals surface area contributed by atoms with Crippen LogP contribution in [0.2, 0.25) is 0 Å². The van der Waals surface area contributed by atoms with E-state index in [4.69, 9.17) is 9.84 Å². The number of benzene rings is 1. The Morgan fingerprint density at radius 1 is 1.39 bits per heavy atom. The van der Waals surface area contributed by atoms with Gasteiger partial charge < -0.3 is 14.9 Å². The minimum Gasteiger partial charge on any atom is -0.507 e. The zero-order valence-corrected chi connectivity index (χ0v) is 12.6. The number of aryl methyl sites for hydroxylation is 1. The maximum atomic E-state index is 12.4. The highest BCUT2D eigenvalue weighted by Gasteiger charge is 2.27. The summed E-state index contributed by atoms with van der Waals surface area (Å²) in [5, 5.41) is 22.4. The van der Waals surface area contributed by atoms with Gasteiger partial charge in [0.1, 0.15) is 11.3 Å². The van der Waals surface area contributed by atoms with Crippen LogP contribution in [0.5, 0.6) is 11.6 Å². The number of carbonyl (C=O) groups is 1. The van der Waals surface area contributed by atoms with Crippen LogP contribution in [0.3, 0.4) is 0 Å². The summed E-state index contributed by atoms with van der Waals surface area (Å²) < 4.78 is 33.9. The van der Waals surface area contributed by atoms with Gasteiger partial charge in [0, 0.05) is 19.0 Å². The number of carboxylic acid groups (broad SMARTS) is 1. The molecule has 23 heavy (non-hydrogen) atoms. The Morgan fingerprint density at radius 3 is 2.87 bits per heavy atom. The summed E-state index contributed by atoms with van der Waals surface area (Å²) in [5.41, 5.74) is -0.289. The molecule has 0 saturated carbocycles. The smallest absolute Gasteiger partial charge is 0.339 e. The first-order chi connectivity index (χ1) is 10.9. The highest BCUT2D eigenvalue weighted by atomic mass is 32.2. The maximum Gasteiger partial charge on any atom is 0.339 e. The van der Waals surface area contributed by atoms with Crippen molar-refractivity contribution in [1.82, 2.24) is 9.78 Å². The van der Waals surface area contributed by atoms with E-state index in [0.717, 1.165) is 18.6 Å². The average molecular weight is 339 g/mol. The molecular weight excluding hydrogens is 326 g/mol. The Kier molecular flexibility index (Phi) is 3.60. The van der Waals surface area contributed by atoms with Crippen molar-refractivity contribution in [1.29, 1.82) is 0 Å². The van der Waals surface area contributed by atoms with Crippen molar-refractivity contribution in [2.24, 2.45) is 0 Å². The lowest BCUT2D eigenvalue weighted by Crippen LogP contribution is -2.18. The molecule has 0 amide bonds. The first kappa shape index (κ1) is 15.2. The predicted molar refractivity (Wildman–Crippen MR) is 78.2 cm³/mol. The fourth-order valence-electron chi connectivity index (χ4n) is 2.22. The normalized spacial score (nSPS) is 13.9. The summed E-state index contributed by atoms with van der Waals surface area (Å²) in [7, 11) is -3.98. The molecule has 0 radical (unpaired) electrons. The molecule has 9 nitrogen and oxygen atoms in total. The number of aromatic carboxylic acids is 1. The van der Waals surface area contributed by atoms with E-state index < -0.39 is 21.7 Å². The largest absolute Gasteiger partial charge is 0.507 e. The summed E-state index contributed by atoms with van der Waals surface area (Å²) in [4.78, 5) is 10.7. The molecule has 1 aromatic heterocycles. The lowest BCUT2D eigenvalue weighted by molar-refractivity contribution is 0.0694. The minimum atomic E-state index is -3.98. The molecule has 1 aliphatic rings. The fraction of sp³-hybridized carbons (Fsp3) is 0.231. The Labute approximate surface area is 131 Å². The van der Waals surface area contributed by atoms with Gasteiger partial charge in [-0.1, -0.05) is 0 Å². The molecule has 0 spiro atoms. The molecule has 2 aromatic rings. The highest BCUT2D eigenvalue weighted by Crippen LogP contribution is 2.29. The van der Waals surface area contributed by atoms with Crippen LogP contribution < -0.4 is 9.46 Å². The van der Waals surface area contributed by atoms with Crippen LogP contribution in [0.4, 0.5) is 5.69 Å². The number of carboxylic acids is 1. The number of hydrogen-bond acceptors (Lipinski definition) is 6. The molecule has 1 aromatic carbocycles. The van der Waals surface area contributed by atoms with Gasteiger partial charge in [-0.2, -0.15) is 5.10 Å². The number of fused-ring (bicyclic) bond motifs is 1. The zero-order chi connectivity index (χ0) is 16.6. The third-order valence-electron chi connectivity index (χ3n) is 3.28. The molecule has 0 aliphatic carbocycles. The van der Waals surface area contributed by atoms with Crippen molar-refractivity contribution >= 4 is 21.7 Å². The third kappa shape index (κ3) is 2.80. The van der Waals surface area contributed by atoms with Crippen molar-refractivity contribution < 1.29 is 28.2 Å². The third-order valence-corrected chi connectivity index (χ3v) is 4.65. The molecule has 3 rings (SSSR count). The summed E-state index contributed by atoms with van der Waals surface area (Å²) in [6.45, 7) is 0.973. The molecule has 2 heterocycles. The van der Waals surface area contributed by atoms with E-state index in [2.05, 4.69) is 9.82 Å². The number of phenols is 1. The second kappa shape index (κ2) is 5.47. The second-order valence-electron chi connectivity index (χ2n) is 4.88. The molecule has 0 atom stereocenters. The molecule has 1 aliphatic heterocycles. The van der Waals surface area contributed by atoms with Crippen molar-refractivity contribution in [3.05, 3.63) is 30.0 Å². The Hall–Kier alpha value is -2.75. The monoisotopic (exact) mass is 339 g/mol. The summed E-state index contributed by atoms with van der Waals surface area (Å²) in [5.74, 6) is -1.68. The van der Waals surface area contributed by atoms with Crippen molar-refractivity contribution in [2.75, 3.05) is 11.3 Å². The number of rotatable bonds is 4. The minimum absolute atomic E-state index is 0.0308. The standard InChI is InChI=1S/C13H13N3O6S/c17-10-6-8(2-3-9(10)13(18)19)15-23(20,21)11-7-14-16-4-1-5-22-12(11)16/h2-3,6-7,15,17H,1,4-5H2,(H,18,19). The van der Waals surface area contributed by atoms with E-state index in [9.17, 15) is 18.3 Å². The summed E-state index contributed by atoms with van der Waals surface area (Å²) >= 11 is 0. The van der Waals surface area contributed by atoms with Crippen LogP contribution in [0.1, 0.15) is 16.8 Å². The van der Waals surface area contributed by atoms with Gasteiger partial charge >= 0.3 is 5.97 Å². The molecule has 0 unspecified atom stereocenters. The van der Waals surface area contributed by atoms with E-state index in [1.807, 2.05) is 0 Å². The zero-order valence-electron chi connectivity index (χ0n) is 11.8. The van der Waals surface area contributed by atoms with E-state index >= 15 is 0 Å². The number of hydrogen-bond donors (Lipinski definition) is 3. The number of aromatic hydroxyl groups is 1. The van der Waals surface area contributed by atoms with Gasteiger partial charge in [-0.3, -0.25) is 4.72 Å². The van der Waals surface area contributed by atoms with Crippen LogP contribution in [-0.4, -0.2) is 41.0 Å². The summed E-state index contributed by atoms with van der Waals surface area (Å²) in [6, 6.07) is 3.38. The van der Waals surface area contributed by atoms with Gasteiger partial charge in [-0.05, 0) is 12.1 Å². The number of ether oxygens (including phenoxy) is 1. The van der Waals surface area contributed by atoms with E-state index in [1.165, 1.54) is 16.9 Å². The quantitative estimate of drug-likeness (QED) is 0.753. The molecule has 122 valence electrons. The molecule has 3 N–H and O–H groups in total. The van der Waals surface area contributed by atoms with Crippen LogP contribution >= 0.6 is 0 Å². The molecule has 0 fully saturated rings. The lowest BCUT2D eigenvalue weighted by atomic mass is 10.2. The Morgan fingerprint density at radius 2 is 2.17 bits per heavy atom. The molecule has 0 saturated heterocycles. The summed E-state index contributed by atoms with van der Waals surface area (Å²) in [6.07, 6.45) is 1.93. The number of sulfonamides is 1. The van der Waals surface area contributed by atoms with Gasteiger partial charge in [0.05, 0.1) is 18.5 Å². The Balaban J connectivity index is 1.91. The number of nitrogens with one attached hydrogen (secondary N) is 1. The molecular formula is C13H13N3O6S. The van der Waals surface area contributed by atoms with Crippen molar-refractivity contribution in [2.45, 2.75) is 17.9 Å². The predicted octanol–water partition coefficient (Wildman–Crippen LogP) is 0.870. The van der Waals surface area contributed by atoms with Crippen LogP contribution in [0.25, 0.3) is 0 Å². The first-order valence-electron chi connectivity index (χ1n) is 6.66. The average Bonchev–Trinajstić information content (AvgIpc) is 2.91. The van der Waals surface area contributed by atoms with Gasteiger partial charge in [0.25, 0.3) is 10.0 Å². The highest BCUT2D eigenvalue weighted by molar-refractivity contribution is 7.92. The fourth-order valence-corrected chi connectivity index (χ4v) is 3.34. The number of anilines is 1. The maximum absolute atomic E-state index is 12.4. The van der Waals surface area contributed by atoms with Crippen molar-refractivity contribution in [3.8, 4) is 11.6 Å². The number of aromatic nitrogens is 2. The van der Waals surface area contributed by atoms with Crippen LogP contribution in [0.15, 0.2) is 29.3 Å². The van der Waals surface area contributed by atoms with Crippen LogP contribution in [-0.2, 0) is 16.6 Å². The van der Waals surface area contributed by atoms with Gasteiger partial charge in [0.15, 0.2) is 4.90 Å². The number of nitrogens with zero attached hydrogens (tertiary/aromatic N) is 2. The molecule has 0 bridgehead atoms. The van der Waals surface area contributed by atoms with E-state index in [0.29, 0.717) is 13.2 Å². The lowest BCUT2D eigenvalue weighted by Gasteiger charge is -2.16. The van der Waals surface area contributed by atoms with E-state index in [1.54, 1.807) is 0 Å². The van der Waals surface area contributed by atoms with Crippen LogP contribution in [0, 0.1) is 0 Å². The van der Waals surface area contributed by atoms with Gasteiger partial charge in [-0.25, -0.2) is 17.9 Å². The SMILES string of the molecule is O=C(O)c1ccc(NS(=O)(=O)c2cnn3c2OCCC3)cc1O. The molecule has 10 heteroatoms. The van der Waals surface area contributed by atoms with Gasteiger partial charge in [-0.15, -0.1) is 0 Å². The first-order valence-corrected chi connectivity index (χ1v) is 8.14. The topological polar surface area (TPSA) is 131 Å². The Bertz CT molecular complexity index is 874. The van der Waals surface area contributed by atoms with Gasteiger partial charge in [0.2, 0.25) is 5.88 Å².